The van der Waals surface area contributed by atoms with Gasteiger partial charge in [-0.2, -0.15) is 5.10 Å². The number of fused-ring (bicyclic) bond motifs is 1. The number of aromatic nitrogens is 3. The Morgan fingerprint density at radius 1 is 1.50 bits per heavy atom. The third-order valence-electron chi connectivity index (χ3n) is 2.81. The fraction of sp³-hybridized carbons (Fsp3) is 0.364. The SMILES string of the molecule is Cc1nc2ccnn2c(C)c1C(C)C(=O)O. The van der Waals surface area contributed by atoms with Gasteiger partial charge in [-0.3, -0.25) is 4.79 Å². The standard InChI is InChI=1S/C11H13N3O2/c1-6(11(15)16)10-7(2)13-9-4-5-12-14(9)8(10)3/h4-6H,1-3H3,(H,15,16). The Balaban J connectivity index is 2.73. The van der Waals surface area contributed by atoms with Crippen LogP contribution in [-0.4, -0.2) is 25.7 Å². The minimum absolute atomic E-state index is 0.568. The normalized spacial score (nSPS) is 12.9. The molecule has 0 amide bonds. The monoisotopic (exact) mass is 219 g/mol. The molecule has 0 bridgehead atoms. The van der Waals surface area contributed by atoms with Gasteiger partial charge in [0.15, 0.2) is 5.65 Å². The molecule has 0 spiro atoms. The van der Waals surface area contributed by atoms with Crippen molar-refractivity contribution in [1.82, 2.24) is 14.6 Å². The van der Waals surface area contributed by atoms with E-state index in [1.807, 2.05) is 13.8 Å². The second-order valence-corrected chi connectivity index (χ2v) is 3.86. The zero-order chi connectivity index (χ0) is 11.9. The molecule has 2 aromatic rings. The largest absolute Gasteiger partial charge is 0.481 e. The molecular weight excluding hydrogens is 206 g/mol. The molecule has 2 heterocycles. The molecular formula is C11H13N3O2. The Bertz CT molecular complexity index is 560. The summed E-state index contributed by atoms with van der Waals surface area (Å²) >= 11 is 0. The zero-order valence-electron chi connectivity index (χ0n) is 9.43. The lowest BCUT2D eigenvalue weighted by molar-refractivity contribution is -0.138. The molecule has 1 N–H and O–H groups in total. The first kappa shape index (κ1) is 10.6. The third kappa shape index (κ3) is 1.44. The molecule has 0 aliphatic heterocycles. The molecule has 1 atom stereocenters. The number of aliphatic carboxylic acids is 1. The maximum atomic E-state index is 11.0. The maximum Gasteiger partial charge on any atom is 0.310 e. The lowest BCUT2D eigenvalue weighted by Gasteiger charge is -2.14. The molecule has 0 saturated carbocycles. The summed E-state index contributed by atoms with van der Waals surface area (Å²) in [6.45, 7) is 5.35. The summed E-state index contributed by atoms with van der Waals surface area (Å²) < 4.78 is 1.67. The first-order valence-electron chi connectivity index (χ1n) is 5.06. The first-order chi connectivity index (χ1) is 7.52. The molecule has 0 saturated heterocycles. The van der Waals surface area contributed by atoms with Gasteiger partial charge in [-0.15, -0.1) is 0 Å². The Morgan fingerprint density at radius 2 is 2.19 bits per heavy atom. The van der Waals surface area contributed by atoms with Crippen LogP contribution in [0.5, 0.6) is 0 Å². The van der Waals surface area contributed by atoms with Crippen LogP contribution in [-0.2, 0) is 4.79 Å². The lowest BCUT2D eigenvalue weighted by atomic mass is 9.98. The highest BCUT2D eigenvalue weighted by Gasteiger charge is 2.21. The number of hydrogen-bond donors (Lipinski definition) is 1. The number of carboxylic acids is 1. The Morgan fingerprint density at radius 3 is 2.81 bits per heavy atom. The summed E-state index contributed by atoms with van der Waals surface area (Å²) in [5.74, 6) is -1.42. The first-order valence-corrected chi connectivity index (χ1v) is 5.06. The summed E-state index contributed by atoms with van der Waals surface area (Å²) in [4.78, 5) is 15.4. The van der Waals surface area contributed by atoms with E-state index in [-0.39, 0.29) is 0 Å². The van der Waals surface area contributed by atoms with Gasteiger partial charge in [0.1, 0.15) is 0 Å². The summed E-state index contributed by atoms with van der Waals surface area (Å²) in [6, 6.07) is 1.80. The number of aryl methyl sites for hydroxylation is 2. The van der Waals surface area contributed by atoms with Gasteiger partial charge in [-0.25, -0.2) is 9.50 Å². The predicted molar refractivity (Wildman–Crippen MR) is 58.5 cm³/mol. The molecule has 1 unspecified atom stereocenters. The van der Waals surface area contributed by atoms with Crippen LogP contribution >= 0.6 is 0 Å². The van der Waals surface area contributed by atoms with Gasteiger partial charge in [0.05, 0.1) is 12.1 Å². The Kier molecular flexibility index (Phi) is 2.38. The van der Waals surface area contributed by atoms with Crippen molar-refractivity contribution in [2.24, 2.45) is 0 Å². The van der Waals surface area contributed by atoms with E-state index in [1.54, 1.807) is 23.7 Å². The van der Waals surface area contributed by atoms with E-state index in [4.69, 9.17) is 5.11 Å². The van der Waals surface area contributed by atoms with E-state index >= 15 is 0 Å². The van der Waals surface area contributed by atoms with Crippen molar-refractivity contribution in [2.75, 3.05) is 0 Å². The fourth-order valence-corrected chi connectivity index (χ4v) is 2.00. The lowest BCUT2D eigenvalue weighted by Crippen LogP contribution is -2.14. The second kappa shape index (κ2) is 3.59. The predicted octanol–water partition coefficient (Wildman–Crippen LogP) is 1.53. The average Bonchev–Trinajstić information content (AvgIpc) is 2.65. The van der Waals surface area contributed by atoms with Crippen molar-refractivity contribution in [3.63, 3.8) is 0 Å². The highest BCUT2D eigenvalue weighted by molar-refractivity contribution is 5.76. The van der Waals surface area contributed by atoms with Crippen molar-refractivity contribution < 1.29 is 9.90 Å². The Labute approximate surface area is 92.7 Å². The van der Waals surface area contributed by atoms with Crippen LogP contribution < -0.4 is 0 Å². The smallest absolute Gasteiger partial charge is 0.310 e. The van der Waals surface area contributed by atoms with Gasteiger partial charge in [-0.1, -0.05) is 0 Å². The van der Waals surface area contributed by atoms with Crippen molar-refractivity contribution >= 4 is 11.6 Å². The van der Waals surface area contributed by atoms with E-state index in [1.165, 1.54) is 0 Å². The minimum atomic E-state index is -0.848. The summed E-state index contributed by atoms with van der Waals surface area (Å²) in [5.41, 5.74) is 3.07. The number of hydrogen-bond acceptors (Lipinski definition) is 3. The number of carboxylic acid groups (broad SMARTS) is 1. The van der Waals surface area contributed by atoms with Gasteiger partial charge in [-0.05, 0) is 20.8 Å². The van der Waals surface area contributed by atoms with Gasteiger partial charge in [0.2, 0.25) is 0 Å². The van der Waals surface area contributed by atoms with Crippen LogP contribution in [0.2, 0.25) is 0 Å². The van der Waals surface area contributed by atoms with Crippen LogP contribution in [0.25, 0.3) is 5.65 Å². The van der Waals surface area contributed by atoms with Crippen LogP contribution in [0.15, 0.2) is 12.3 Å². The van der Waals surface area contributed by atoms with Gasteiger partial charge < -0.3 is 5.11 Å². The number of nitrogens with zero attached hydrogens (tertiary/aromatic N) is 3. The van der Waals surface area contributed by atoms with Crippen molar-refractivity contribution in [3.8, 4) is 0 Å². The molecule has 0 fully saturated rings. The summed E-state index contributed by atoms with van der Waals surface area (Å²) in [5, 5.41) is 13.2. The van der Waals surface area contributed by atoms with Crippen molar-refractivity contribution in [1.29, 1.82) is 0 Å². The number of carbonyl (C=O) groups is 1. The van der Waals surface area contributed by atoms with Crippen LogP contribution in [0.4, 0.5) is 0 Å². The summed E-state index contributed by atoms with van der Waals surface area (Å²) in [7, 11) is 0. The summed E-state index contributed by atoms with van der Waals surface area (Å²) in [6.07, 6.45) is 1.66. The van der Waals surface area contributed by atoms with Crippen molar-refractivity contribution in [2.45, 2.75) is 26.7 Å². The molecule has 0 radical (unpaired) electrons. The molecule has 0 aromatic carbocycles. The highest BCUT2D eigenvalue weighted by Crippen LogP contribution is 2.23. The molecule has 84 valence electrons. The topological polar surface area (TPSA) is 67.5 Å². The van der Waals surface area contributed by atoms with Crippen LogP contribution in [0, 0.1) is 13.8 Å². The van der Waals surface area contributed by atoms with E-state index < -0.39 is 11.9 Å². The second-order valence-electron chi connectivity index (χ2n) is 3.86. The maximum absolute atomic E-state index is 11.0. The van der Waals surface area contributed by atoms with E-state index in [9.17, 15) is 4.79 Å². The quantitative estimate of drug-likeness (QED) is 0.831. The van der Waals surface area contributed by atoms with Gasteiger partial charge in [0.25, 0.3) is 0 Å². The fourth-order valence-electron chi connectivity index (χ4n) is 2.00. The van der Waals surface area contributed by atoms with E-state index in [2.05, 4.69) is 10.1 Å². The van der Waals surface area contributed by atoms with E-state index in [0.717, 1.165) is 22.6 Å². The molecule has 5 heteroatoms. The van der Waals surface area contributed by atoms with Crippen LogP contribution in [0.1, 0.15) is 29.8 Å². The number of rotatable bonds is 2. The molecule has 0 aliphatic rings. The van der Waals surface area contributed by atoms with Gasteiger partial charge >= 0.3 is 5.97 Å². The van der Waals surface area contributed by atoms with Crippen LogP contribution in [0.3, 0.4) is 0 Å². The molecule has 5 nitrogen and oxygen atoms in total. The molecule has 0 aliphatic carbocycles. The minimum Gasteiger partial charge on any atom is -0.481 e. The average molecular weight is 219 g/mol. The van der Waals surface area contributed by atoms with Gasteiger partial charge in [0, 0.05) is 23.0 Å². The molecule has 16 heavy (non-hydrogen) atoms. The third-order valence-corrected chi connectivity index (χ3v) is 2.81. The molecule has 2 aromatic heterocycles. The molecule has 2 rings (SSSR count). The van der Waals surface area contributed by atoms with Crippen molar-refractivity contribution in [3.05, 3.63) is 29.2 Å². The Hall–Kier alpha value is -1.91. The van der Waals surface area contributed by atoms with E-state index in [0.29, 0.717) is 0 Å². The highest BCUT2D eigenvalue weighted by atomic mass is 16.4. The zero-order valence-corrected chi connectivity index (χ0v) is 9.43.